The van der Waals surface area contributed by atoms with Crippen LogP contribution in [0.5, 0.6) is 0 Å². The molecule has 1 unspecified atom stereocenters. The van der Waals surface area contributed by atoms with Crippen molar-refractivity contribution in [3.05, 3.63) is 102 Å². The molecule has 3 aromatic carbocycles. The van der Waals surface area contributed by atoms with Crippen LogP contribution in [-0.2, 0) is 27.7 Å². The molecule has 40 heavy (non-hydrogen) atoms. The minimum Gasteiger partial charge on any atom is -0.461 e. The molecule has 0 fully saturated rings. The summed E-state index contributed by atoms with van der Waals surface area (Å²) in [7, 11) is -4.12. The number of hydrazone groups is 1. The van der Waals surface area contributed by atoms with E-state index in [1.807, 2.05) is 54.6 Å². The number of benzene rings is 3. The molecule has 4 N–H and O–H groups in total. The molecule has 2 aromatic heterocycles. The van der Waals surface area contributed by atoms with Crippen LogP contribution in [-0.4, -0.2) is 31.6 Å². The number of nitrogens with two attached hydrogens (primary N) is 1. The topological polar surface area (TPSA) is 140 Å². The molecule has 5 aromatic rings. The van der Waals surface area contributed by atoms with Crippen LogP contribution in [0.15, 0.2) is 105 Å². The van der Waals surface area contributed by atoms with Gasteiger partial charge < -0.3 is 10.2 Å². The molecule has 0 bridgehead atoms. The zero-order valence-electron chi connectivity index (χ0n) is 21.4. The van der Waals surface area contributed by atoms with Gasteiger partial charge in [0.25, 0.3) is 15.9 Å². The van der Waals surface area contributed by atoms with Crippen LogP contribution in [0.1, 0.15) is 17.7 Å². The van der Waals surface area contributed by atoms with Gasteiger partial charge in [0.2, 0.25) is 5.13 Å². The lowest BCUT2D eigenvalue weighted by molar-refractivity contribution is -0.120. The summed E-state index contributed by atoms with van der Waals surface area (Å²) < 4.78 is 34.9. The van der Waals surface area contributed by atoms with E-state index in [0.29, 0.717) is 41.5 Å². The number of amides is 1. The number of fused-ring (bicyclic) bond motifs is 1. The minimum atomic E-state index is -4.12. The molecular formula is C29H27N5O4S2. The number of furan rings is 1. The maximum absolute atomic E-state index is 12.9. The van der Waals surface area contributed by atoms with E-state index < -0.39 is 22.0 Å². The quantitative estimate of drug-likeness (QED) is 0.150. The Morgan fingerprint density at radius 3 is 2.65 bits per heavy atom. The summed E-state index contributed by atoms with van der Waals surface area (Å²) in [5.41, 5.74) is 11.4. The molecule has 0 saturated carbocycles. The normalized spacial score (nSPS) is 12.5. The van der Waals surface area contributed by atoms with Crippen molar-refractivity contribution >= 4 is 48.8 Å². The fourth-order valence-corrected chi connectivity index (χ4v) is 5.87. The Labute approximate surface area is 235 Å². The van der Waals surface area contributed by atoms with Gasteiger partial charge in [0.1, 0.15) is 11.5 Å². The van der Waals surface area contributed by atoms with Crippen molar-refractivity contribution in [3.63, 3.8) is 0 Å². The maximum Gasteiger partial charge on any atom is 0.264 e. The Kier molecular flexibility index (Phi) is 8.34. The van der Waals surface area contributed by atoms with Crippen molar-refractivity contribution in [1.29, 1.82) is 0 Å². The van der Waals surface area contributed by atoms with E-state index >= 15 is 0 Å². The first-order chi connectivity index (χ1) is 19.4. The van der Waals surface area contributed by atoms with Crippen LogP contribution < -0.4 is 15.9 Å². The number of thiazole rings is 1. The smallest absolute Gasteiger partial charge is 0.264 e. The van der Waals surface area contributed by atoms with Gasteiger partial charge in [-0.15, -0.1) is 0 Å². The van der Waals surface area contributed by atoms with Gasteiger partial charge in [-0.05, 0) is 54.8 Å². The van der Waals surface area contributed by atoms with E-state index in [2.05, 4.69) is 20.2 Å². The second kappa shape index (κ2) is 12.2. The third-order valence-corrected chi connectivity index (χ3v) is 8.37. The third kappa shape index (κ3) is 6.81. The summed E-state index contributed by atoms with van der Waals surface area (Å²) in [6, 6.07) is 26.2. The van der Waals surface area contributed by atoms with Crippen LogP contribution in [0.25, 0.3) is 21.5 Å². The average Bonchev–Trinajstić information content (AvgIpc) is 3.61. The molecule has 0 aliphatic carbocycles. The van der Waals surface area contributed by atoms with E-state index in [1.165, 1.54) is 23.5 Å². The number of hydrogen-bond donors (Lipinski definition) is 3. The van der Waals surface area contributed by atoms with E-state index in [0.717, 1.165) is 15.8 Å². The molecule has 2 heterocycles. The Hall–Kier alpha value is -4.32. The molecule has 1 atom stereocenters. The van der Waals surface area contributed by atoms with E-state index in [9.17, 15) is 13.2 Å². The lowest BCUT2D eigenvalue weighted by Crippen LogP contribution is -2.43. The first kappa shape index (κ1) is 27.3. The van der Waals surface area contributed by atoms with Crippen LogP contribution in [0, 0.1) is 0 Å². The standard InChI is InChI=1S/C29H27N5O4S2/c30-24(15-13-20-7-2-1-3-8-20)28(35)34-40(36,37)23-10-6-9-21(19-23)26-16-14-22(38-26)17-18-31-33-29-32-25-11-4-5-12-27(25)39-29/h1-12,14,16,18-19,24H,13,15,17,30H2,(H,32,33)(H,34,35). The molecule has 0 saturated heterocycles. The minimum absolute atomic E-state index is 0.0619. The van der Waals surface area contributed by atoms with Crippen LogP contribution in [0.4, 0.5) is 5.13 Å². The Balaban J connectivity index is 1.18. The van der Waals surface area contributed by atoms with Crippen molar-refractivity contribution < 1.29 is 17.6 Å². The van der Waals surface area contributed by atoms with E-state index in [-0.39, 0.29) is 4.90 Å². The summed E-state index contributed by atoms with van der Waals surface area (Å²) in [5, 5.41) is 4.91. The summed E-state index contributed by atoms with van der Waals surface area (Å²) >= 11 is 1.51. The van der Waals surface area contributed by atoms with Crippen LogP contribution in [0.2, 0.25) is 0 Å². The zero-order chi connectivity index (χ0) is 28.0. The molecular weight excluding hydrogens is 546 g/mol. The second-order valence-corrected chi connectivity index (χ2v) is 11.7. The summed E-state index contributed by atoms with van der Waals surface area (Å²) in [4.78, 5) is 16.9. The average molecular weight is 574 g/mol. The predicted octanol–water partition coefficient (Wildman–Crippen LogP) is 4.96. The van der Waals surface area contributed by atoms with Crippen molar-refractivity contribution in [1.82, 2.24) is 9.71 Å². The summed E-state index contributed by atoms with van der Waals surface area (Å²) in [5.74, 6) is 0.390. The molecule has 204 valence electrons. The lowest BCUT2D eigenvalue weighted by Gasteiger charge is -2.13. The van der Waals surface area contributed by atoms with Gasteiger partial charge in [-0.2, -0.15) is 5.10 Å². The number of carbonyl (C=O) groups excluding carboxylic acids is 1. The number of carbonyl (C=O) groups is 1. The molecule has 0 radical (unpaired) electrons. The van der Waals surface area contributed by atoms with Gasteiger partial charge in [-0.1, -0.05) is 65.9 Å². The number of nitrogens with one attached hydrogen (secondary N) is 2. The fourth-order valence-electron chi connectivity index (χ4n) is 3.98. The SMILES string of the molecule is NC(CCc1ccccc1)C(=O)NS(=O)(=O)c1cccc(-c2ccc(CC=NNc3nc4ccccc4s3)o2)c1. The lowest BCUT2D eigenvalue weighted by atomic mass is 10.1. The number of aromatic nitrogens is 1. The first-order valence-electron chi connectivity index (χ1n) is 12.6. The highest BCUT2D eigenvalue weighted by Crippen LogP contribution is 2.26. The monoisotopic (exact) mass is 573 g/mol. The summed E-state index contributed by atoms with van der Waals surface area (Å²) in [6.07, 6.45) is 2.98. The van der Waals surface area contributed by atoms with Crippen molar-refractivity contribution in [2.45, 2.75) is 30.2 Å². The molecule has 0 aliphatic rings. The maximum atomic E-state index is 12.9. The van der Waals surface area contributed by atoms with Gasteiger partial charge in [-0.25, -0.2) is 18.1 Å². The summed E-state index contributed by atoms with van der Waals surface area (Å²) in [6.45, 7) is 0. The number of sulfonamides is 1. The Morgan fingerprint density at radius 1 is 1.02 bits per heavy atom. The van der Waals surface area contributed by atoms with E-state index in [1.54, 1.807) is 30.5 Å². The van der Waals surface area contributed by atoms with Crippen LogP contribution >= 0.6 is 11.3 Å². The highest BCUT2D eigenvalue weighted by Gasteiger charge is 2.22. The number of rotatable bonds is 11. The number of hydrogen-bond acceptors (Lipinski definition) is 9. The Bertz CT molecular complexity index is 1710. The van der Waals surface area contributed by atoms with Crippen LogP contribution in [0.3, 0.4) is 0 Å². The van der Waals surface area contributed by atoms with Gasteiger partial charge in [0.15, 0.2) is 0 Å². The molecule has 5 rings (SSSR count). The van der Waals surface area contributed by atoms with Crippen molar-refractivity contribution in [2.24, 2.45) is 10.8 Å². The van der Waals surface area contributed by atoms with E-state index in [4.69, 9.17) is 10.2 Å². The second-order valence-electron chi connectivity index (χ2n) is 9.01. The largest absolute Gasteiger partial charge is 0.461 e. The predicted molar refractivity (Wildman–Crippen MR) is 158 cm³/mol. The van der Waals surface area contributed by atoms with Crippen molar-refractivity contribution in [2.75, 3.05) is 5.43 Å². The van der Waals surface area contributed by atoms with Gasteiger partial charge in [0.05, 0.1) is 21.2 Å². The fraction of sp³-hybridized carbons (Fsp3) is 0.138. The van der Waals surface area contributed by atoms with Crippen molar-refractivity contribution in [3.8, 4) is 11.3 Å². The number of nitrogens with zero attached hydrogens (tertiary/aromatic N) is 2. The molecule has 0 spiro atoms. The van der Waals surface area contributed by atoms with Gasteiger partial charge in [-0.3, -0.25) is 10.2 Å². The number of aryl methyl sites for hydroxylation is 1. The molecule has 9 nitrogen and oxygen atoms in total. The highest BCUT2D eigenvalue weighted by atomic mass is 32.2. The molecule has 11 heteroatoms. The number of anilines is 1. The zero-order valence-corrected chi connectivity index (χ0v) is 23.0. The third-order valence-electron chi connectivity index (χ3n) is 6.09. The highest BCUT2D eigenvalue weighted by molar-refractivity contribution is 7.90. The van der Waals surface area contributed by atoms with Gasteiger partial charge >= 0.3 is 0 Å². The Morgan fingerprint density at radius 2 is 1.82 bits per heavy atom. The first-order valence-corrected chi connectivity index (χ1v) is 14.9. The van der Waals surface area contributed by atoms with Gasteiger partial charge in [0, 0.05) is 18.2 Å². The molecule has 1 amide bonds. The molecule has 0 aliphatic heterocycles. The number of para-hydroxylation sites is 1.